The van der Waals surface area contributed by atoms with E-state index >= 15 is 0 Å². The molecule has 24 heavy (non-hydrogen) atoms. The Kier molecular flexibility index (Phi) is 6.27. The maximum absolute atomic E-state index is 9.35. The molecule has 0 aromatic heterocycles. The van der Waals surface area contributed by atoms with Crippen LogP contribution in [0.1, 0.15) is 37.7 Å². The first-order valence-electron chi connectivity index (χ1n) is 8.93. The van der Waals surface area contributed by atoms with Crippen LogP contribution in [0.4, 0.5) is 0 Å². The molecule has 0 amide bonds. The molecule has 3 rings (SSSR count). The second-order valence-corrected chi connectivity index (χ2v) is 6.37. The predicted octanol–water partition coefficient (Wildman–Crippen LogP) is 4.93. The van der Waals surface area contributed by atoms with Crippen LogP contribution in [0.5, 0.6) is 5.75 Å². The highest BCUT2D eigenvalue weighted by Crippen LogP contribution is 2.22. The average molecular weight is 326 g/mol. The van der Waals surface area contributed by atoms with Crippen molar-refractivity contribution in [1.82, 2.24) is 0 Å². The van der Waals surface area contributed by atoms with E-state index in [0.29, 0.717) is 5.75 Å². The molecule has 2 aromatic rings. The Hall–Kier alpha value is -1.84. The Labute approximate surface area is 144 Å². The van der Waals surface area contributed by atoms with Crippen molar-refractivity contribution < 1.29 is 14.6 Å². The van der Waals surface area contributed by atoms with Gasteiger partial charge in [-0.2, -0.15) is 0 Å². The molecule has 0 saturated carbocycles. The van der Waals surface area contributed by atoms with E-state index in [1.165, 1.54) is 24.0 Å². The van der Waals surface area contributed by atoms with Gasteiger partial charge in [0.05, 0.1) is 0 Å². The lowest BCUT2D eigenvalue weighted by Crippen LogP contribution is -2.22. The summed E-state index contributed by atoms with van der Waals surface area (Å²) >= 11 is 0. The molecular formula is C21H26O3. The Morgan fingerprint density at radius 2 is 1.62 bits per heavy atom. The molecular weight excluding hydrogens is 300 g/mol. The second kappa shape index (κ2) is 8.86. The Morgan fingerprint density at radius 3 is 2.29 bits per heavy atom. The van der Waals surface area contributed by atoms with Gasteiger partial charge in [-0.05, 0) is 67.3 Å². The normalized spacial score (nSPS) is 17.8. The summed E-state index contributed by atoms with van der Waals surface area (Å²) in [5.41, 5.74) is 3.66. The lowest BCUT2D eigenvalue weighted by atomic mass is 10.0. The molecule has 1 N–H and O–H groups in total. The van der Waals surface area contributed by atoms with E-state index in [4.69, 9.17) is 9.47 Å². The molecule has 0 spiro atoms. The van der Waals surface area contributed by atoms with Gasteiger partial charge in [-0.15, -0.1) is 0 Å². The van der Waals surface area contributed by atoms with Gasteiger partial charge < -0.3 is 14.6 Å². The number of phenols is 1. The number of rotatable bonds is 7. The molecule has 1 aliphatic rings. The molecule has 2 aromatic carbocycles. The third-order valence-corrected chi connectivity index (χ3v) is 4.46. The number of hydrogen-bond acceptors (Lipinski definition) is 3. The van der Waals surface area contributed by atoms with Crippen LogP contribution < -0.4 is 0 Å². The highest BCUT2D eigenvalue weighted by Gasteiger charge is 2.13. The van der Waals surface area contributed by atoms with Gasteiger partial charge in [0.15, 0.2) is 6.29 Å². The Bertz CT molecular complexity index is 598. The number of benzene rings is 2. The van der Waals surface area contributed by atoms with Crippen LogP contribution in [0.3, 0.4) is 0 Å². The quantitative estimate of drug-likeness (QED) is 0.734. The van der Waals surface area contributed by atoms with Gasteiger partial charge in [-0.3, -0.25) is 0 Å². The van der Waals surface area contributed by atoms with E-state index < -0.39 is 0 Å². The fraction of sp³-hybridized carbons (Fsp3) is 0.429. The highest BCUT2D eigenvalue weighted by atomic mass is 16.7. The van der Waals surface area contributed by atoms with Crippen LogP contribution in [0.15, 0.2) is 48.5 Å². The third kappa shape index (κ3) is 5.08. The lowest BCUT2D eigenvalue weighted by molar-refractivity contribution is -0.162. The number of ether oxygens (including phenoxy) is 2. The first-order valence-corrected chi connectivity index (χ1v) is 8.93. The van der Waals surface area contributed by atoms with E-state index in [1.54, 1.807) is 12.1 Å². The van der Waals surface area contributed by atoms with Crippen molar-refractivity contribution >= 4 is 0 Å². The summed E-state index contributed by atoms with van der Waals surface area (Å²) in [5.74, 6) is 0.302. The molecule has 3 heteroatoms. The summed E-state index contributed by atoms with van der Waals surface area (Å²) in [6.45, 7) is 1.63. The second-order valence-electron chi connectivity index (χ2n) is 6.37. The van der Waals surface area contributed by atoms with E-state index in [0.717, 1.165) is 44.5 Å². The minimum atomic E-state index is 0.0309. The fourth-order valence-electron chi connectivity index (χ4n) is 3.01. The summed E-state index contributed by atoms with van der Waals surface area (Å²) in [6.07, 6.45) is 6.73. The van der Waals surface area contributed by atoms with E-state index in [2.05, 4.69) is 24.3 Å². The van der Waals surface area contributed by atoms with Crippen molar-refractivity contribution in [3.63, 3.8) is 0 Å². The maximum Gasteiger partial charge on any atom is 0.157 e. The molecule has 1 saturated heterocycles. The minimum Gasteiger partial charge on any atom is -0.508 e. The lowest BCUT2D eigenvalue weighted by Gasteiger charge is -2.22. The number of phenolic OH excluding ortho intramolecular Hbond substituents is 1. The predicted molar refractivity (Wildman–Crippen MR) is 96.0 cm³/mol. The zero-order valence-electron chi connectivity index (χ0n) is 14.1. The monoisotopic (exact) mass is 326 g/mol. The first kappa shape index (κ1) is 17.0. The van der Waals surface area contributed by atoms with Crippen LogP contribution >= 0.6 is 0 Å². The van der Waals surface area contributed by atoms with Crippen LogP contribution in [0.25, 0.3) is 11.1 Å². The summed E-state index contributed by atoms with van der Waals surface area (Å²) in [5, 5.41) is 9.35. The van der Waals surface area contributed by atoms with Crippen molar-refractivity contribution in [2.24, 2.45) is 0 Å². The molecule has 0 bridgehead atoms. The maximum atomic E-state index is 9.35. The van der Waals surface area contributed by atoms with Crippen molar-refractivity contribution in [3.8, 4) is 16.9 Å². The zero-order valence-corrected chi connectivity index (χ0v) is 14.1. The smallest absolute Gasteiger partial charge is 0.157 e. The summed E-state index contributed by atoms with van der Waals surface area (Å²) in [7, 11) is 0. The third-order valence-electron chi connectivity index (χ3n) is 4.46. The number of unbranched alkanes of at least 4 members (excludes halogenated alkanes) is 1. The van der Waals surface area contributed by atoms with Crippen LogP contribution in [0.2, 0.25) is 0 Å². The Balaban J connectivity index is 1.39. The van der Waals surface area contributed by atoms with Crippen LogP contribution in [0, 0.1) is 0 Å². The minimum absolute atomic E-state index is 0.0309. The summed E-state index contributed by atoms with van der Waals surface area (Å²) in [4.78, 5) is 0. The Morgan fingerprint density at radius 1 is 0.917 bits per heavy atom. The molecule has 0 aliphatic carbocycles. The van der Waals surface area contributed by atoms with Gasteiger partial charge in [-0.25, -0.2) is 0 Å². The first-order chi connectivity index (χ1) is 11.8. The molecule has 1 fully saturated rings. The standard InChI is InChI=1S/C21H26O3/c22-20-13-11-19(12-14-20)18-9-7-17(8-10-18)5-1-3-15-23-21-6-2-4-16-24-21/h7-14,21-22H,1-6,15-16H2. The van der Waals surface area contributed by atoms with E-state index in [-0.39, 0.29) is 6.29 Å². The molecule has 3 nitrogen and oxygen atoms in total. The molecule has 1 heterocycles. The van der Waals surface area contributed by atoms with E-state index in [1.807, 2.05) is 12.1 Å². The van der Waals surface area contributed by atoms with Crippen LogP contribution in [-0.4, -0.2) is 24.6 Å². The molecule has 1 unspecified atom stereocenters. The van der Waals surface area contributed by atoms with Crippen LogP contribution in [-0.2, 0) is 15.9 Å². The molecule has 0 radical (unpaired) electrons. The zero-order chi connectivity index (χ0) is 16.6. The molecule has 1 atom stereocenters. The van der Waals surface area contributed by atoms with Gasteiger partial charge in [0.2, 0.25) is 0 Å². The van der Waals surface area contributed by atoms with Gasteiger partial charge >= 0.3 is 0 Å². The molecule has 128 valence electrons. The molecule has 1 aliphatic heterocycles. The highest BCUT2D eigenvalue weighted by molar-refractivity contribution is 5.64. The van der Waals surface area contributed by atoms with Crippen molar-refractivity contribution in [1.29, 1.82) is 0 Å². The largest absolute Gasteiger partial charge is 0.508 e. The van der Waals surface area contributed by atoms with Crippen molar-refractivity contribution in [3.05, 3.63) is 54.1 Å². The van der Waals surface area contributed by atoms with Crippen molar-refractivity contribution in [2.45, 2.75) is 44.8 Å². The van der Waals surface area contributed by atoms with Gasteiger partial charge in [0.25, 0.3) is 0 Å². The summed E-state index contributed by atoms with van der Waals surface area (Å²) < 4.78 is 11.3. The van der Waals surface area contributed by atoms with Crippen molar-refractivity contribution in [2.75, 3.05) is 13.2 Å². The average Bonchev–Trinajstić information content (AvgIpc) is 2.64. The summed E-state index contributed by atoms with van der Waals surface area (Å²) in [6, 6.07) is 16.0. The number of aryl methyl sites for hydroxylation is 1. The SMILES string of the molecule is Oc1ccc(-c2ccc(CCCCOC3CCCCO3)cc2)cc1. The van der Waals surface area contributed by atoms with E-state index in [9.17, 15) is 5.11 Å². The topological polar surface area (TPSA) is 38.7 Å². The van der Waals surface area contributed by atoms with Gasteiger partial charge in [0, 0.05) is 13.2 Å². The number of hydrogen-bond donors (Lipinski definition) is 1. The van der Waals surface area contributed by atoms with Gasteiger partial charge in [0.1, 0.15) is 5.75 Å². The number of aromatic hydroxyl groups is 1. The fourth-order valence-corrected chi connectivity index (χ4v) is 3.01. The van der Waals surface area contributed by atoms with Gasteiger partial charge in [-0.1, -0.05) is 36.4 Å².